The maximum atomic E-state index is 9.04. The van der Waals surface area contributed by atoms with E-state index in [1.807, 2.05) is 6.07 Å². The van der Waals surface area contributed by atoms with Crippen molar-refractivity contribution in [2.75, 3.05) is 47.0 Å². The summed E-state index contributed by atoms with van der Waals surface area (Å²) >= 11 is 0. The smallest absolute Gasteiger partial charge is 0.160 e. The van der Waals surface area contributed by atoms with Gasteiger partial charge in [-0.2, -0.15) is 0 Å². The number of likely N-dealkylation sites (tertiary alicyclic amines) is 1. The molecule has 1 aromatic carbocycles. The van der Waals surface area contributed by atoms with Crippen LogP contribution in [-0.2, 0) is 0 Å². The molecular formula is C17H28N2O3. The molecule has 2 rings (SSSR count). The first-order chi connectivity index (χ1) is 10.7. The highest BCUT2D eigenvalue weighted by atomic mass is 16.5. The topological polar surface area (TPSA) is 68.0 Å². The minimum Gasteiger partial charge on any atom is -0.493 e. The van der Waals surface area contributed by atoms with Crippen LogP contribution in [0.25, 0.3) is 0 Å². The van der Waals surface area contributed by atoms with Crippen molar-refractivity contribution in [3.05, 3.63) is 23.8 Å². The van der Waals surface area contributed by atoms with Gasteiger partial charge in [0.25, 0.3) is 0 Å². The summed E-state index contributed by atoms with van der Waals surface area (Å²) < 4.78 is 10.7. The van der Waals surface area contributed by atoms with Crippen LogP contribution in [0.15, 0.2) is 18.2 Å². The number of piperidine rings is 1. The highest BCUT2D eigenvalue weighted by Gasteiger charge is 2.27. The molecular weight excluding hydrogens is 280 g/mol. The maximum absolute atomic E-state index is 9.04. The number of nitrogens with two attached hydrogens (primary N) is 1. The van der Waals surface area contributed by atoms with Gasteiger partial charge in [0.15, 0.2) is 11.5 Å². The molecule has 0 radical (unpaired) electrons. The predicted molar refractivity (Wildman–Crippen MR) is 87.6 cm³/mol. The molecule has 22 heavy (non-hydrogen) atoms. The number of hydrogen-bond acceptors (Lipinski definition) is 5. The maximum Gasteiger partial charge on any atom is 0.160 e. The molecule has 1 atom stereocenters. The number of β-amino-alcohol motifs (C(OH)–C–C–N with tert-alkyl or cyclic N) is 1. The number of rotatable bonds is 7. The van der Waals surface area contributed by atoms with Crippen LogP contribution in [-0.4, -0.2) is 57.0 Å². The van der Waals surface area contributed by atoms with Crippen LogP contribution in [0.2, 0.25) is 0 Å². The van der Waals surface area contributed by atoms with E-state index >= 15 is 0 Å². The SMILES string of the molecule is COc1ccc(C(CN)C2CCN(CCO)CC2)cc1OC. The van der Waals surface area contributed by atoms with Crippen LogP contribution >= 0.6 is 0 Å². The van der Waals surface area contributed by atoms with Crippen LogP contribution in [0, 0.1) is 5.92 Å². The lowest BCUT2D eigenvalue weighted by atomic mass is 9.80. The Morgan fingerprint density at radius 3 is 2.45 bits per heavy atom. The molecule has 1 aromatic rings. The van der Waals surface area contributed by atoms with Gasteiger partial charge in [-0.15, -0.1) is 0 Å². The lowest BCUT2D eigenvalue weighted by Crippen LogP contribution is -2.38. The minimum atomic E-state index is 0.237. The highest BCUT2D eigenvalue weighted by Crippen LogP contribution is 2.36. The van der Waals surface area contributed by atoms with E-state index in [2.05, 4.69) is 17.0 Å². The van der Waals surface area contributed by atoms with Crippen LogP contribution in [0.1, 0.15) is 24.3 Å². The molecule has 0 spiro atoms. The largest absolute Gasteiger partial charge is 0.493 e. The normalized spacial score (nSPS) is 18.2. The predicted octanol–water partition coefficient (Wildman–Crippen LogP) is 1.45. The zero-order valence-electron chi connectivity index (χ0n) is 13.6. The molecule has 5 nitrogen and oxygen atoms in total. The molecule has 3 N–H and O–H groups in total. The molecule has 1 fully saturated rings. The highest BCUT2D eigenvalue weighted by molar-refractivity contribution is 5.44. The van der Waals surface area contributed by atoms with Crippen molar-refractivity contribution in [1.82, 2.24) is 4.90 Å². The third kappa shape index (κ3) is 3.91. The Balaban J connectivity index is 2.08. The molecule has 1 aliphatic rings. The van der Waals surface area contributed by atoms with E-state index < -0.39 is 0 Å². The number of ether oxygens (including phenoxy) is 2. The molecule has 1 heterocycles. The molecule has 0 bridgehead atoms. The minimum absolute atomic E-state index is 0.237. The van der Waals surface area contributed by atoms with E-state index in [9.17, 15) is 0 Å². The molecule has 1 saturated heterocycles. The van der Waals surface area contributed by atoms with Crippen molar-refractivity contribution in [3.8, 4) is 11.5 Å². The van der Waals surface area contributed by atoms with Gasteiger partial charge in [-0.05, 0) is 62.0 Å². The molecule has 1 unspecified atom stereocenters. The van der Waals surface area contributed by atoms with Crippen molar-refractivity contribution < 1.29 is 14.6 Å². The number of methoxy groups -OCH3 is 2. The fourth-order valence-corrected chi connectivity index (χ4v) is 3.40. The van der Waals surface area contributed by atoms with Gasteiger partial charge in [-0.3, -0.25) is 0 Å². The van der Waals surface area contributed by atoms with Crippen molar-refractivity contribution in [3.63, 3.8) is 0 Å². The number of nitrogens with zero attached hydrogens (tertiary/aromatic N) is 1. The van der Waals surface area contributed by atoms with E-state index in [4.69, 9.17) is 20.3 Å². The van der Waals surface area contributed by atoms with Gasteiger partial charge in [0.2, 0.25) is 0 Å². The molecule has 0 aliphatic carbocycles. The first-order valence-corrected chi connectivity index (χ1v) is 7.98. The number of benzene rings is 1. The summed E-state index contributed by atoms with van der Waals surface area (Å²) in [6.45, 7) is 3.72. The number of aliphatic hydroxyl groups is 1. The zero-order valence-corrected chi connectivity index (χ0v) is 13.6. The second-order valence-electron chi connectivity index (χ2n) is 5.86. The Morgan fingerprint density at radius 2 is 1.91 bits per heavy atom. The summed E-state index contributed by atoms with van der Waals surface area (Å²) in [6, 6.07) is 6.10. The van der Waals surface area contributed by atoms with E-state index in [1.165, 1.54) is 5.56 Å². The lowest BCUT2D eigenvalue weighted by molar-refractivity contribution is 0.138. The fourth-order valence-electron chi connectivity index (χ4n) is 3.40. The van der Waals surface area contributed by atoms with Crippen LogP contribution in [0.3, 0.4) is 0 Å². The Bertz CT molecular complexity index is 459. The van der Waals surface area contributed by atoms with Crippen LogP contribution in [0.5, 0.6) is 11.5 Å². The summed E-state index contributed by atoms with van der Waals surface area (Å²) in [5.41, 5.74) is 7.29. The van der Waals surface area contributed by atoms with Gasteiger partial charge in [0, 0.05) is 6.54 Å². The first kappa shape index (κ1) is 17.1. The monoisotopic (exact) mass is 308 g/mol. The van der Waals surface area contributed by atoms with Gasteiger partial charge in [-0.25, -0.2) is 0 Å². The molecule has 124 valence electrons. The third-order valence-electron chi connectivity index (χ3n) is 4.71. The average Bonchev–Trinajstić information content (AvgIpc) is 2.57. The molecule has 0 aromatic heterocycles. The zero-order chi connectivity index (χ0) is 15.9. The van der Waals surface area contributed by atoms with Gasteiger partial charge < -0.3 is 25.2 Å². The van der Waals surface area contributed by atoms with Crippen molar-refractivity contribution in [2.24, 2.45) is 11.7 Å². The van der Waals surface area contributed by atoms with E-state index in [1.54, 1.807) is 14.2 Å². The molecule has 0 amide bonds. The summed E-state index contributed by atoms with van der Waals surface area (Å²) in [5.74, 6) is 2.44. The fraction of sp³-hybridized carbons (Fsp3) is 0.647. The Morgan fingerprint density at radius 1 is 1.23 bits per heavy atom. The quantitative estimate of drug-likeness (QED) is 0.798. The second kappa shape index (κ2) is 8.36. The average molecular weight is 308 g/mol. The van der Waals surface area contributed by atoms with Crippen LogP contribution in [0.4, 0.5) is 0 Å². The number of aliphatic hydroxyl groups excluding tert-OH is 1. The summed E-state index contributed by atoms with van der Waals surface area (Å²) in [4.78, 5) is 2.32. The second-order valence-corrected chi connectivity index (χ2v) is 5.86. The summed E-state index contributed by atoms with van der Waals surface area (Å²) in [5, 5.41) is 9.04. The molecule has 0 saturated carbocycles. The Kier molecular flexibility index (Phi) is 6.49. The van der Waals surface area contributed by atoms with Gasteiger partial charge in [-0.1, -0.05) is 6.07 Å². The van der Waals surface area contributed by atoms with Crippen molar-refractivity contribution in [2.45, 2.75) is 18.8 Å². The van der Waals surface area contributed by atoms with Crippen LogP contribution < -0.4 is 15.2 Å². The van der Waals surface area contributed by atoms with Crippen molar-refractivity contribution in [1.29, 1.82) is 0 Å². The van der Waals surface area contributed by atoms with E-state index in [0.29, 0.717) is 18.4 Å². The van der Waals surface area contributed by atoms with E-state index in [0.717, 1.165) is 44.0 Å². The summed E-state index contributed by atoms with van der Waals surface area (Å²) in [7, 11) is 3.31. The molecule has 5 heteroatoms. The Hall–Kier alpha value is -1.30. The van der Waals surface area contributed by atoms with Gasteiger partial charge in [0.1, 0.15) is 0 Å². The van der Waals surface area contributed by atoms with Crippen molar-refractivity contribution >= 4 is 0 Å². The first-order valence-electron chi connectivity index (χ1n) is 7.98. The number of hydrogen-bond donors (Lipinski definition) is 2. The molecule has 1 aliphatic heterocycles. The van der Waals surface area contributed by atoms with Gasteiger partial charge in [0.05, 0.1) is 20.8 Å². The van der Waals surface area contributed by atoms with Gasteiger partial charge >= 0.3 is 0 Å². The standard InChI is InChI=1S/C17H28N2O3/c1-21-16-4-3-14(11-17(16)22-2)15(12-18)13-5-7-19(8-6-13)9-10-20/h3-4,11,13,15,20H,5-10,12,18H2,1-2H3. The third-order valence-corrected chi connectivity index (χ3v) is 4.71. The Labute approximate surface area is 133 Å². The summed E-state index contributed by atoms with van der Waals surface area (Å²) in [6.07, 6.45) is 2.24. The lowest BCUT2D eigenvalue weighted by Gasteiger charge is -2.35. The van der Waals surface area contributed by atoms with E-state index in [-0.39, 0.29) is 6.61 Å².